The van der Waals surface area contributed by atoms with Gasteiger partial charge in [-0.15, -0.1) is 0 Å². The molecule has 0 spiro atoms. The average molecular weight is 619 g/mol. The van der Waals surface area contributed by atoms with Crippen LogP contribution in [0.1, 0.15) is 37.3 Å². The first-order valence-electron chi connectivity index (χ1n) is 12.9. The van der Waals surface area contributed by atoms with Gasteiger partial charge in [0.1, 0.15) is 18.0 Å². The topological polar surface area (TPSA) is 80.3 Å². The summed E-state index contributed by atoms with van der Waals surface area (Å²) in [7, 11) is 3.07. The Morgan fingerprint density at radius 1 is 1.27 bits per heavy atom. The fourth-order valence-corrected chi connectivity index (χ4v) is 7.15. The first kappa shape index (κ1) is 26.3. The standard InChI is InChI=1S/C29H35IN2O5/c1-4-19-15-32-12-11-29(34)26-23(9-6-10-25(26)35-2)31-27(29)24(32)14-21(19)22(28(33)36-3)17-37-16-18-7-5-8-20(30)13-18/h5-10,13,17,19,21,24,27,31,34H,4,11-12,14-16H2,1-3H3/b22-17+/t19-,21+,24+,27-,29+/m1/s1. The van der Waals surface area contributed by atoms with E-state index < -0.39 is 5.60 Å². The highest BCUT2D eigenvalue weighted by Crippen LogP contribution is 2.52. The summed E-state index contributed by atoms with van der Waals surface area (Å²) in [6, 6.07) is 13.8. The molecule has 5 atom stereocenters. The van der Waals surface area contributed by atoms with E-state index >= 15 is 0 Å². The van der Waals surface area contributed by atoms with Crippen LogP contribution in [-0.2, 0) is 26.5 Å². The number of nitrogens with one attached hydrogen (secondary N) is 1. The molecule has 8 heteroatoms. The summed E-state index contributed by atoms with van der Waals surface area (Å²) in [5.74, 6) is 0.605. The number of esters is 1. The molecule has 2 aromatic rings. The number of carbonyl (C=O) groups is 1. The third-order valence-electron chi connectivity index (χ3n) is 8.37. The predicted octanol–water partition coefficient (Wildman–Crippen LogP) is 4.68. The highest BCUT2D eigenvalue weighted by atomic mass is 127. The highest BCUT2D eigenvalue weighted by molar-refractivity contribution is 14.1. The molecule has 7 nitrogen and oxygen atoms in total. The van der Waals surface area contributed by atoms with Crippen molar-refractivity contribution in [3.05, 3.63) is 69.0 Å². The molecule has 0 radical (unpaired) electrons. The number of nitrogens with zero attached hydrogens (tertiary/aromatic N) is 1. The van der Waals surface area contributed by atoms with Crippen LogP contribution in [0.5, 0.6) is 5.75 Å². The van der Waals surface area contributed by atoms with Gasteiger partial charge < -0.3 is 24.6 Å². The second-order valence-electron chi connectivity index (χ2n) is 10.3. The average Bonchev–Trinajstić information content (AvgIpc) is 3.23. The zero-order valence-electron chi connectivity index (χ0n) is 21.6. The minimum absolute atomic E-state index is 0.0376. The molecule has 2 N–H and O–H groups in total. The molecular formula is C29H35IN2O5. The minimum atomic E-state index is -1.02. The van der Waals surface area contributed by atoms with Gasteiger partial charge in [0.2, 0.25) is 0 Å². The molecule has 3 aliphatic rings. The summed E-state index contributed by atoms with van der Waals surface area (Å²) in [6.07, 6.45) is 3.91. The number of methoxy groups -OCH3 is 2. The number of aliphatic hydroxyl groups is 1. The summed E-state index contributed by atoms with van der Waals surface area (Å²) < 4.78 is 18.0. The Morgan fingerprint density at radius 2 is 2.08 bits per heavy atom. The second kappa shape index (κ2) is 10.8. The van der Waals surface area contributed by atoms with Crippen molar-refractivity contribution in [1.82, 2.24) is 4.90 Å². The van der Waals surface area contributed by atoms with Crippen LogP contribution in [0, 0.1) is 15.4 Å². The summed E-state index contributed by atoms with van der Waals surface area (Å²) in [5, 5.41) is 15.6. The normalized spacial score (nSPS) is 28.9. The Bertz CT molecular complexity index is 1190. The molecule has 198 valence electrons. The van der Waals surface area contributed by atoms with Crippen LogP contribution in [0.3, 0.4) is 0 Å². The van der Waals surface area contributed by atoms with E-state index in [1.807, 2.05) is 36.4 Å². The van der Waals surface area contributed by atoms with Crippen molar-refractivity contribution in [3.63, 3.8) is 0 Å². The first-order chi connectivity index (χ1) is 17.9. The van der Waals surface area contributed by atoms with Crippen LogP contribution in [0.2, 0.25) is 0 Å². The lowest BCUT2D eigenvalue weighted by molar-refractivity contribution is -0.138. The van der Waals surface area contributed by atoms with Crippen molar-refractivity contribution in [2.45, 2.75) is 50.5 Å². The van der Waals surface area contributed by atoms with E-state index in [-0.39, 0.29) is 29.9 Å². The predicted molar refractivity (Wildman–Crippen MR) is 150 cm³/mol. The fraction of sp³-hybridized carbons (Fsp3) is 0.483. The lowest BCUT2D eigenvalue weighted by Crippen LogP contribution is -2.64. The van der Waals surface area contributed by atoms with Gasteiger partial charge in [-0.2, -0.15) is 0 Å². The maximum atomic E-state index is 13.0. The van der Waals surface area contributed by atoms with E-state index in [0.29, 0.717) is 24.4 Å². The molecule has 0 unspecified atom stereocenters. The van der Waals surface area contributed by atoms with E-state index in [2.05, 4.69) is 45.8 Å². The maximum absolute atomic E-state index is 13.0. The molecule has 3 heterocycles. The largest absolute Gasteiger partial charge is 0.496 e. The fourth-order valence-electron chi connectivity index (χ4n) is 6.54. The smallest absolute Gasteiger partial charge is 0.337 e. The van der Waals surface area contributed by atoms with Gasteiger partial charge in [-0.3, -0.25) is 4.90 Å². The Kier molecular flexibility index (Phi) is 7.70. The number of hydrogen-bond donors (Lipinski definition) is 2. The van der Waals surface area contributed by atoms with Crippen LogP contribution in [0.25, 0.3) is 0 Å². The van der Waals surface area contributed by atoms with Crippen LogP contribution in [-0.4, -0.2) is 55.4 Å². The molecule has 0 aliphatic carbocycles. The third-order valence-corrected chi connectivity index (χ3v) is 9.04. The van der Waals surface area contributed by atoms with Crippen molar-refractivity contribution < 1.29 is 24.1 Å². The van der Waals surface area contributed by atoms with Crippen LogP contribution >= 0.6 is 22.6 Å². The van der Waals surface area contributed by atoms with E-state index in [1.54, 1.807) is 13.4 Å². The zero-order valence-corrected chi connectivity index (χ0v) is 23.7. The van der Waals surface area contributed by atoms with E-state index in [9.17, 15) is 9.90 Å². The summed E-state index contributed by atoms with van der Waals surface area (Å²) >= 11 is 2.28. The van der Waals surface area contributed by atoms with Crippen LogP contribution in [0.15, 0.2) is 54.3 Å². The van der Waals surface area contributed by atoms with Gasteiger partial charge in [0, 0.05) is 28.4 Å². The van der Waals surface area contributed by atoms with E-state index in [1.165, 1.54) is 7.11 Å². The quantitative estimate of drug-likeness (QED) is 0.202. The molecule has 2 saturated heterocycles. The SMILES string of the molecule is CC[C@@H]1CN2CC[C@]3(O)c4c(cccc4OC)N[C@@H]3[C@@H]2C[C@@H]1/C(=C\OCc1cccc(I)c1)C(=O)OC. The summed E-state index contributed by atoms with van der Waals surface area (Å²) in [5.41, 5.74) is 2.37. The summed E-state index contributed by atoms with van der Waals surface area (Å²) in [6.45, 7) is 4.21. The monoisotopic (exact) mass is 618 g/mol. The molecule has 5 rings (SSSR count). The molecule has 2 fully saturated rings. The third kappa shape index (κ3) is 4.83. The number of anilines is 1. The molecule has 0 saturated carbocycles. The van der Waals surface area contributed by atoms with Crippen molar-refractivity contribution in [2.24, 2.45) is 11.8 Å². The van der Waals surface area contributed by atoms with Crippen LogP contribution < -0.4 is 10.1 Å². The number of benzene rings is 2. The van der Waals surface area contributed by atoms with Gasteiger partial charge in [0.15, 0.2) is 0 Å². The van der Waals surface area contributed by atoms with Crippen molar-refractivity contribution in [3.8, 4) is 5.75 Å². The van der Waals surface area contributed by atoms with Gasteiger partial charge in [-0.05, 0) is 77.1 Å². The highest BCUT2D eigenvalue weighted by Gasteiger charge is 2.57. The van der Waals surface area contributed by atoms with Crippen molar-refractivity contribution >= 4 is 34.2 Å². The Labute approximate surface area is 232 Å². The number of ether oxygens (including phenoxy) is 3. The van der Waals surface area contributed by atoms with Gasteiger partial charge >= 0.3 is 5.97 Å². The van der Waals surface area contributed by atoms with Gasteiger partial charge in [-0.1, -0.05) is 31.5 Å². The molecule has 3 aliphatic heterocycles. The molecule has 0 amide bonds. The van der Waals surface area contributed by atoms with Crippen molar-refractivity contribution in [2.75, 3.05) is 32.6 Å². The number of piperidine rings is 2. The number of fused-ring (bicyclic) bond motifs is 5. The van der Waals surface area contributed by atoms with Gasteiger partial charge in [0.05, 0.1) is 37.7 Å². The molecular weight excluding hydrogens is 583 g/mol. The lowest BCUT2D eigenvalue weighted by Gasteiger charge is -2.53. The molecule has 0 bridgehead atoms. The zero-order chi connectivity index (χ0) is 26.2. The number of rotatable bonds is 7. The Balaban J connectivity index is 1.42. The molecule has 2 aromatic carbocycles. The van der Waals surface area contributed by atoms with E-state index in [0.717, 1.165) is 46.3 Å². The van der Waals surface area contributed by atoms with E-state index in [4.69, 9.17) is 14.2 Å². The number of halogens is 1. The van der Waals surface area contributed by atoms with Crippen LogP contribution in [0.4, 0.5) is 5.69 Å². The van der Waals surface area contributed by atoms with Gasteiger partial charge in [-0.25, -0.2) is 4.79 Å². The number of carbonyl (C=O) groups excluding carboxylic acids is 1. The molecule has 0 aromatic heterocycles. The first-order valence-corrected chi connectivity index (χ1v) is 14.0. The second-order valence-corrected chi connectivity index (χ2v) is 11.5. The van der Waals surface area contributed by atoms with Crippen molar-refractivity contribution in [1.29, 1.82) is 0 Å². The van der Waals surface area contributed by atoms with Gasteiger partial charge in [0.25, 0.3) is 0 Å². The lowest BCUT2D eigenvalue weighted by atomic mass is 9.69. The Hall–Kier alpha value is -2.30. The minimum Gasteiger partial charge on any atom is -0.496 e. The maximum Gasteiger partial charge on any atom is 0.337 e. The summed E-state index contributed by atoms with van der Waals surface area (Å²) in [4.78, 5) is 15.5. The molecule has 37 heavy (non-hydrogen) atoms. The Morgan fingerprint density at radius 3 is 2.81 bits per heavy atom. The number of hydrogen-bond acceptors (Lipinski definition) is 7.